The first-order valence-electron chi connectivity index (χ1n) is 7.39. The molecule has 0 bridgehead atoms. The predicted octanol–water partition coefficient (Wildman–Crippen LogP) is 1.34. The first kappa shape index (κ1) is 16.4. The van der Waals surface area contributed by atoms with Crippen LogP contribution in [0.4, 0.5) is 4.39 Å². The number of hydrogen-bond acceptors (Lipinski definition) is 3. The number of rotatable bonds is 5. The van der Waals surface area contributed by atoms with Crippen LogP contribution in [-0.4, -0.2) is 36.3 Å². The van der Waals surface area contributed by atoms with E-state index < -0.39 is 23.3 Å². The molecule has 1 unspecified atom stereocenters. The van der Waals surface area contributed by atoms with Crippen molar-refractivity contribution < 1.29 is 14.0 Å². The van der Waals surface area contributed by atoms with Crippen molar-refractivity contribution in [3.8, 4) is 0 Å². The average molecular weight is 307 g/mol. The Kier molecular flexibility index (Phi) is 4.81. The van der Waals surface area contributed by atoms with Crippen molar-refractivity contribution in [2.75, 3.05) is 14.1 Å². The fraction of sp³-hybridized carbons (Fsp3) is 0.500. The van der Waals surface area contributed by atoms with Crippen LogP contribution < -0.4 is 11.1 Å². The second-order valence-corrected chi connectivity index (χ2v) is 6.06. The third-order valence-electron chi connectivity index (χ3n) is 4.22. The molecule has 1 aromatic carbocycles. The molecule has 22 heavy (non-hydrogen) atoms. The van der Waals surface area contributed by atoms with E-state index in [0.717, 1.165) is 12.8 Å². The Hall–Kier alpha value is -1.95. The Morgan fingerprint density at radius 1 is 1.32 bits per heavy atom. The summed E-state index contributed by atoms with van der Waals surface area (Å²) >= 11 is 0. The Morgan fingerprint density at radius 2 is 1.95 bits per heavy atom. The van der Waals surface area contributed by atoms with E-state index in [1.165, 1.54) is 12.1 Å². The summed E-state index contributed by atoms with van der Waals surface area (Å²) in [5.74, 6) is -1.24. The van der Waals surface area contributed by atoms with Gasteiger partial charge in [-0.25, -0.2) is 4.39 Å². The number of halogens is 1. The van der Waals surface area contributed by atoms with Crippen LogP contribution >= 0.6 is 0 Å². The largest absolute Gasteiger partial charge is 0.368 e. The molecule has 0 saturated heterocycles. The molecular weight excluding hydrogens is 285 g/mol. The van der Waals surface area contributed by atoms with Gasteiger partial charge in [0, 0.05) is 0 Å². The number of likely N-dealkylation sites (N-methyl/N-ethyl adjacent to an activating group) is 1. The van der Waals surface area contributed by atoms with Gasteiger partial charge in [0.15, 0.2) is 0 Å². The molecule has 0 spiro atoms. The highest BCUT2D eigenvalue weighted by Crippen LogP contribution is 2.31. The zero-order chi connectivity index (χ0) is 16.3. The van der Waals surface area contributed by atoms with E-state index in [9.17, 15) is 14.0 Å². The van der Waals surface area contributed by atoms with Gasteiger partial charge in [-0.1, -0.05) is 25.0 Å². The molecule has 1 aliphatic carbocycles. The molecule has 1 fully saturated rings. The summed E-state index contributed by atoms with van der Waals surface area (Å²) in [7, 11) is 3.47. The molecule has 2 amide bonds. The number of carbonyl (C=O) groups excluding carboxylic acids is 2. The normalized spacial score (nSPS) is 18.2. The lowest BCUT2D eigenvalue weighted by molar-refractivity contribution is -0.134. The fourth-order valence-corrected chi connectivity index (χ4v) is 3.08. The molecule has 5 nitrogen and oxygen atoms in total. The summed E-state index contributed by atoms with van der Waals surface area (Å²) in [4.78, 5) is 26.1. The summed E-state index contributed by atoms with van der Waals surface area (Å²) in [5.41, 5.74) is 5.06. The Morgan fingerprint density at radius 3 is 2.45 bits per heavy atom. The van der Waals surface area contributed by atoms with Gasteiger partial charge in [0.25, 0.3) is 0 Å². The SMILES string of the molecule is CN(C)C(C(=O)NC1(C(N)=O)CCCC1)c1cccc(F)c1. The standard InChI is InChI=1S/C16H22FN3O2/c1-20(2)13(11-6-5-7-12(17)10-11)14(21)19-16(15(18)22)8-3-4-9-16/h5-7,10,13H,3-4,8-9H2,1-2H3,(H2,18,22)(H,19,21). The maximum absolute atomic E-state index is 13.4. The van der Waals surface area contributed by atoms with Gasteiger partial charge in [-0.05, 0) is 44.6 Å². The lowest BCUT2D eigenvalue weighted by Crippen LogP contribution is -2.57. The molecule has 0 aromatic heterocycles. The molecule has 0 radical (unpaired) electrons. The smallest absolute Gasteiger partial charge is 0.243 e. The summed E-state index contributed by atoms with van der Waals surface area (Å²) in [6.07, 6.45) is 2.82. The van der Waals surface area contributed by atoms with E-state index in [4.69, 9.17) is 5.73 Å². The van der Waals surface area contributed by atoms with Gasteiger partial charge in [-0.15, -0.1) is 0 Å². The minimum absolute atomic E-state index is 0.337. The molecule has 0 heterocycles. The van der Waals surface area contributed by atoms with Crippen molar-refractivity contribution in [2.24, 2.45) is 5.73 Å². The van der Waals surface area contributed by atoms with Crippen molar-refractivity contribution in [1.82, 2.24) is 10.2 Å². The lowest BCUT2D eigenvalue weighted by atomic mass is 9.95. The third-order valence-corrected chi connectivity index (χ3v) is 4.22. The van der Waals surface area contributed by atoms with Gasteiger partial charge < -0.3 is 11.1 Å². The number of nitrogens with zero attached hydrogens (tertiary/aromatic N) is 1. The van der Waals surface area contributed by atoms with Crippen LogP contribution in [-0.2, 0) is 9.59 Å². The first-order chi connectivity index (χ1) is 10.4. The number of carbonyl (C=O) groups is 2. The van der Waals surface area contributed by atoms with E-state index in [1.54, 1.807) is 31.1 Å². The monoisotopic (exact) mass is 307 g/mol. The summed E-state index contributed by atoms with van der Waals surface area (Å²) < 4.78 is 13.4. The predicted molar refractivity (Wildman–Crippen MR) is 81.4 cm³/mol. The van der Waals surface area contributed by atoms with E-state index in [0.29, 0.717) is 18.4 Å². The van der Waals surface area contributed by atoms with E-state index in [2.05, 4.69) is 5.32 Å². The van der Waals surface area contributed by atoms with E-state index in [-0.39, 0.29) is 5.91 Å². The van der Waals surface area contributed by atoms with Gasteiger partial charge in [-0.2, -0.15) is 0 Å². The maximum Gasteiger partial charge on any atom is 0.243 e. The highest BCUT2D eigenvalue weighted by atomic mass is 19.1. The van der Waals surface area contributed by atoms with Crippen molar-refractivity contribution in [3.05, 3.63) is 35.6 Å². The van der Waals surface area contributed by atoms with Gasteiger partial charge in [0.05, 0.1) is 0 Å². The summed E-state index contributed by atoms with van der Waals surface area (Å²) in [5, 5.41) is 2.81. The highest BCUT2D eigenvalue weighted by molar-refractivity contribution is 5.92. The quantitative estimate of drug-likeness (QED) is 0.862. The molecule has 120 valence electrons. The molecule has 1 saturated carbocycles. The van der Waals surface area contributed by atoms with Crippen LogP contribution in [0.2, 0.25) is 0 Å². The van der Waals surface area contributed by atoms with Crippen molar-refractivity contribution >= 4 is 11.8 Å². The van der Waals surface area contributed by atoms with Crippen LogP contribution in [0, 0.1) is 5.82 Å². The Bertz CT molecular complexity index is 568. The second-order valence-electron chi connectivity index (χ2n) is 6.06. The molecule has 3 N–H and O–H groups in total. The maximum atomic E-state index is 13.4. The number of nitrogens with two attached hydrogens (primary N) is 1. The van der Waals surface area contributed by atoms with Gasteiger partial charge >= 0.3 is 0 Å². The zero-order valence-corrected chi connectivity index (χ0v) is 12.9. The Labute approximate surface area is 129 Å². The number of primary amides is 1. The van der Waals surface area contributed by atoms with Crippen molar-refractivity contribution in [2.45, 2.75) is 37.3 Å². The van der Waals surface area contributed by atoms with Gasteiger partial charge in [0.2, 0.25) is 11.8 Å². The molecule has 1 aromatic rings. The van der Waals surface area contributed by atoms with Crippen molar-refractivity contribution in [3.63, 3.8) is 0 Å². The van der Waals surface area contributed by atoms with Crippen LogP contribution in [0.15, 0.2) is 24.3 Å². The second kappa shape index (κ2) is 6.44. The molecule has 1 atom stereocenters. The van der Waals surface area contributed by atoms with E-state index >= 15 is 0 Å². The summed E-state index contributed by atoms with van der Waals surface area (Å²) in [6, 6.07) is 5.24. The number of amides is 2. The number of nitrogens with one attached hydrogen (secondary N) is 1. The van der Waals surface area contributed by atoms with Crippen LogP contribution in [0.1, 0.15) is 37.3 Å². The van der Waals surface area contributed by atoms with E-state index in [1.807, 2.05) is 0 Å². The molecule has 0 aliphatic heterocycles. The minimum Gasteiger partial charge on any atom is -0.368 e. The topological polar surface area (TPSA) is 75.4 Å². The Balaban J connectivity index is 2.25. The molecular formula is C16H22FN3O2. The zero-order valence-electron chi connectivity index (χ0n) is 12.9. The first-order valence-corrected chi connectivity index (χ1v) is 7.39. The highest BCUT2D eigenvalue weighted by Gasteiger charge is 2.42. The van der Waals surface area contributed by atoms with Crippen LogP contribution in [0.25, 0.3) is 0 Å². The fourth-order valence-electron chi connectivity index (χ4n) is 3.08. The summed E-state index contributed by atoms with van der Waals surface area (Å²) in [6.45, 7) is 0. The molecule has 2 rings (SSSR count). The number of benzene rings is 1. The lowest BCUT2D eigenvalue weighted by Gasteiger charge is -2.31. The van der Waals surface area contributed by atoms with Gasteiger partial charge in [-0.3, -0.25) is 14.5 Å². The molecule has 1 aliphatic rings. The minimum atomic E-state index is -0.974. The molecule has 6 heteroatoms. The van der Waals surface area contributed by atoms with Crippen molar-refractivity contribution in [1.29, 1.82) is 0 Å². The van der Waals surface area contributed by atoms with Crippen LogP contribution in [0.3, 0.4) is 0 Å². The number of hydrogen-bond donors (Lipinski definition) is 2. The average Bonchev–Trinajstić information content (AvgIpc) is 2.88. The third kappa shape index (κ3) is 3.27. The van der Waals surface area contributed by atoms with Crippen LogP contribution in [0.5, 0.6) is 0 Å². The van der Waals surface area contributed by atoms with Gasteiger partial charge in [0.1, 0.15) is 17.4 Å².